The largest absolute Gasteiger partial charge is 0.465 e. The molecule has 0 saturated carbocycles. The molecule has 178 valence electrons. The number of rotatable bonds is 4. The minimum Gasteiger partial charge on any atom is -0.465 e. The van der Waals surface area contributed by atoms with Crippen LogP contribution < -0.4 is 10.2 Å². The molecule has 1 fully saturated rings. The molecule has 2 heterocycles. The number of nitrogens with one attached hydrogen (secondary N) is 1. The van der Waals surface area contributed by atoms with Crippen molar-refractivity contribution >= 4 is 35.6 Å². The van der Waals surface area contributed by atoms with Gasteiger partial charge in [0.25, 0.3) is 11.8 Å². The average molecular weight is 475 g/mol. The topological polar surface area (TPSA) is 97.7 Å². The summed E-state index contributed by atoms with van der Waals surface area (Å²) in [5, 5.41) is 2.16. The van der Waals surface area contributed by atoms with Gasteiger partial charge in [-0.3, -0.25) is 14.9 Å². The summed E-state index contributed by atoms with van der Waals surface area (Å²) in [5.74, 6) is -2.64. The zero-order chi connectivity index (χ0) is 25.4. The number of urea groups is 1. The molecule has 0 bridgehead atoms. The van der Waals surface area contributed by atoms with E-state index in [0.717, 1.165) is 34.0 Å². The van der Waals surface area contributed by atoms with Crippen LogP contribution in [0.4, 0.5) is 14.9 Å². The fourth-order valence-electron chi connectivity index (χ4n) is 4.04. The molecule has 35 heavy (non-hydrogen) atoms. The molecule has 4 rings (SSSR count). The Morgan fingerprint density at radius 3 is 2.34 bits per heavy atom. The van der Waals surface area contributed by atoms with Gasteiger partial charge in [-0.15, -0.1) is 0 Å². The van der Waals surface area contributed by atoms with Gasteiger partial charge in [0.1, 0.15) is 11.4 Å². The van der Waals surface area contributed by atoms with Gasteiger partial charge in [-0.1, -0.05) is 6.07 Å². The monoisotopic (exact) mass is 475 g/mol. The Kier molecular flexibility index (Phi) is 6.09. The molecule has 0 radical (unpaired) electrons. The van der Waals surface area contributed by atoms with Gasteiger partial charge in [-0.2, -0.15) is 0 Å². The predicted octanol–water partition coefficient (Wildman–Crippen LogP) is 3.99. The van der Waals surface area contributed by atoms with E-state index in [0.29, 0.717) is 16.8 Å². The number of ether oxygens (including phenoxy) is 1. The quantitative estimate of drug-likeness (QED) is 0.350. The van der Waals surface area contributed by atoms with Crippen molar-refractivity contribution in [3.8, 4) is 5.69 Å². The number of barbiturate groups is 1. The lowest BCUT2D eigenvalue weighted by atomic mass is 10.1. The summed E-state index contributed by atoms with van der Waals surface area (Å²) in [5.41, 5.74) is 4.02. The molecule has 1 saturated heterocycles. The number of hydrogen-bond acceptors (Lipinski definition) is 5. The van der Waals surface area contributed by atoms with Gasteiger partial charge in [0.2, 0.25) is 0 Å². The number of anilines is 1. The van der Waals surface area contributed by atoms with Gasteiger partial charge in [-0.25, -0.2) is 18.9 Å². The maximum Gasteiger partial charge on any atom is 0.337 e. The molecule has 0 spiro atoms. The highest BCUT2D eigenvalue weighted by atomic mass is 19.1. The maximum atomic E-state index is 13.3. The molecule has 1 N–H and O–H groups in total. The number of imide groups is 2. The number of methoxy groups -OCH3 is 1. The van der Waals surface area contributed by atoms with Crippen LogP contribution in [0.3, 0.4) is 0 Å². The molecule has 4 amide bonds. The maximum absolute atomic E-state index is 13.3. The SMILES string of the molecule is COC(=O)c1ccc(C)c(-n2c(C)cc(/C=C3\C(=O)NC(=O)N(c4ccc(F)cc4)C3=O)c2C)c1. The molecule has 1 aromatic heterocycles. The number of nitrogens with zero attached hydrogens (tertiary/aromatic N) is 2. The Morgan fingerprint density at radius 1 is 1.00 bits per heavy atom. The van der Waals surface area contributed by atoms with E-state index < -0.39 is 29.6 Å². The van der Waals surface area contributed by atoms with Gasteiger partial charge in [-0.05, 0) is 80.4 Å². The fraction of sp³-hybridized carbons (Fsp3) is 0.154. The highest BCUT2D eigenvalue weighted by molar-refractivity contribution is 6.39. The molecule has 3 aromatic rings. The molecule has 2 aromatic carbocycles. The van der Waals surface area contributed by atoms with Crippen molar-refractivity contribution in [2.75, 3.05) is 12.0 Å². The van der Waals surface area contributed by atoms with Gasteiger partial charge in [0.05, 0.1) is 18.4 Å². The third kappa shape index (κ3) is 4.23. The van der Waals surface area contributed by atoms with E-state index in [1.54, 1.807) is 18.2 Å². The van der Waals surface area contributed by atoms with E-state index in [9.17, 15) is 23.6 Å². The van der Waals surface area contributed by atoms with Crippen molar-refractivity contribution in [1.82, 2.24) is 9.88 Å². The molecule has 0 unspecified atom stereocenters. The second-order valence-corrected chi connectivity index (χ2v) is 8.09. The number of carbonyl (C=O) groups is 4. The van der Waals surface area contributed by atoms with Crippen molar-refractivity contribution in [3.63, 3.8) is 0 Å². The fourth-order valence-corrected chi connectivity index (χ4v) is 4.04. The minimum atomic E-state index is -0.913. The third-order valence-corrected chi connectivity index (χ3v) is 5.83. The molecule has 1 aliphatic rings. The lowest BCUT2D eigenvalue weighted by Gasteiger charge is -2.26. The zero-order valence-corrected chi connectivity index (χ0v) is 19.5. The summed E-state index contributed by atoms with van der Waals surface area (Å²) in [7, 11) is 1.31. The standard InChI is InChI=1S/C26H22FN3O5/c1-14-5-6-17(25(33)35-4)13-22(14)29-15(2)11-18(16(29)3)12-21-23(31)28-26(34)30(24(21)32)20-9-7-19(27)8-10-20/h5-13H,1-4H3,(H,28,31,34)/b21-12+. The van der Waals surface area contributed by atoms with Crippen LogP contribution in [0.1, 0.15) is 32.9 Å². The van der Waals surface area contributed by atoms with E-state index in [-0.39, 0.29) is 11.3 Å². The highest BCUT2D eigenvalue weighted by Gasteiger charge is 2.37. The van der Waals surface area contributed by atoms with Crippen molar-refractivity contribution < 1.29 is 28.3 Å². The number of carbonyl (C=O) groups excluding carboxylic acids is 4. The summed E-state index contributed by atoms with van der Waals surface area (Å²) >= 11 is 0. The van der Waals surface area contributed by atoms with Crippen LogP contribution >= 0.6 is 0 Å². The Bertz CT molecular complexity index is 1420. The number of esters is 1. The van der Waals surface area contributed by atoms with Crippen LogP contribution in [0, 0.1) is 26.6 Å². The molecule has 8 nitrogen and oxygen atoms in total. The number of hydrogen-bond donors (Lipinski definition) is 1. The smallest absolute Gasteiger partial charge is 0.337 e. The predicted molar refractivity (Wildman–Crippen MR) is 127 cm³/mol. The van der Waals surface area contributed by atoms with Crippen LogP contribution in [-0.2, 0) is 14.3 Å². The Hall–Kier alpha value is -4.53. The summed E-state index contributed by atoms with van der Waals surface area (Å²) in [4.78, 5) is 50.9. The third-order valence-electron chi connectivity index (χ3n) is 5.83. The Balaban J connectivity index is 1.78. The number of amides is 4. The van der Waals surface area contributed by atoms with Gasteiger partial charge < -0.3 is 9.30 Å². The van der Waals surface area contributed by atoms with E-state index >= 15 is 0 Å². The van der Waals surface area contributed by atoms with Crippen LogP contribution in [0.25, 0.3) is 11.8 Å². The first-order chi connectivity index (χ1) is 16.6. The Morgan fingerprint density at radius 2 is 1.69 bits per heavy atom. The van der Waals surface area contributed by atoms with Crippen LogP contribution in [0.2, 0.25) is 0 Å². The summed E-state index contributed by atoms with van der Waals surface area (Å²) < 4.78 is 20.1. The number of aromatic nitrogens is 1. The minimum absolute atomic E-state index is 0.132. The van der Waals surface area contributed by atoms with Gasteiger partial charge in [0.15, 0.2) is 0 Å². The second kappa shape index (κ2) is 9.02. The van der Waals surface area contributed by atoms with Crippen LogP contribution in [0.5, 0.6) is 0 Å². The summed E-state index contributed by atoms with van der Waals surface area (Å²) in [6.45, 7) is 5.58. The molecule has 9 heteroatoms. The molecule has 0 aliphatic carbocycles. The second-order valence-electron chi connectivity index (χ2n) is 8.09. The van der Waals surface area contributed by atoms with Crippen molar-refractivity contribution in [2.24, 2.45) is 0 Å². The number of aryl methyl sites for hydroxylation is 2. The van der Waals surface area contributed by atoms with Crippen molar-refractivity contribution in [1.29, 1.82) is 0 Å². The molecule has 0 atom stereocenters. The van der Waals surface area contributed by atoms with Crippen molar-refractivity contribution in [3.05, 3.63) is 88.0 Å². The average Bonchev–Trinajstić information content (AvgIpc) is 3.10. The molecule has 1 aliphatic heterocycles. The number of benzene rings is 2. The zero-order valence-electron chi connectivity index (χ0n) is 19.5. The van der Waals surface area contributed by atoms with E-state index in [2.05, 4.69) is 5.32 Å². The van der Waals surface area contributed by atoms with E-state index in [1.807, 2.05) is 31.4 Å². The number of halogens is 1. The Labute approximate surface area is 200 Å². The molecular weight excluding hydrogens is 453 g/mol. The van der Waals surface area contributed by atoms with Crippen molar-refractivity contribution in [2.45, 2.75) is 20.8 Å². The molecular formula is C26H22FN3O5. The summed E-state index contributed by atoms with van der Waals surface area (Å²) in [6.07, 6.45) is 1.42. The summed E-state index contributed by atoms with van der Waals surface area (Å²) in [6, 6.07) is 10.9. The lowest BCUT2D eigenvalue weighted by Crippen LogP contribution is -2.54. The van der Waals surface area contributed by atoms with Crippen LogP contribution in [-0.4, -0.2) is 35.5 Å². The first-order valence-electron chi connectivity index (χ1n) is 10.7. The van der Waals surface area contributed by atoms with E-state index in [1.165, 1.54) is 25.3 Å². The van der Waals surface area contributed by atoms with Crippen LogP contribution in [0.15, 0.2) is 54.1 Å². The first kappa shape index (κ1) is 23.6. The van der Waals surface area contributed by atoms with Gasteiger partial charge >= 0.3 is 12.0 Å². The van der Waals surface area contributed by atoms with Gasteiger partial charge in [0, 0.05) is 17.1 Å². The highest BCUT2D eigenvalue weighted by Crippen LogP contribution is 2.28. The normalized spacial score (nSPS) is 14.9. The van der Waals surface area contributed by atoms with E-state index in [4.69, 9.17) is 4.74 Å². The lowest BCUT2D eigenvalue weighted by molar-refractivity contribution is -0.122. The first-order valence-corrected chi connectivity index (χ1v) is 10.7.